The molecule has 0 spiro atoms. The Morgan fingerprint density at radius 1 is 1.09 bits per heavy atom. The van der Waals surface area contributed by atoms with Crippen LogP contribution in [0.2, 0.25) is 0 Å². The first kappa shape index (κ1) is 21.7. The molecule has 0 saturated heterocycles. The smallest absolute Gasteiger partial charge is 0.168 e. The van der Waals surface area contributed by atoms with E-state index in [1.54, 1.807) is 6.20 Å². The Labute approximate surface area is 204 Å². The van der Waals surface area contributed by atoms with Gasteiger partial charge in [0, 0.05) is 42.4 Å². The van der Waals surface area contributed by atoms with Gasteiger partial charge in [0.1, 0.15) is 11.4 Å². The van der Waals surface area contributed by atoms with Gasteiger partial charge >= 0.3 is 0 Å². The van der Waals surface area contributed by atoms with Crippen LogP contribution >= 0.6 is 0 Å². The van der Waals surface area contributed by atoms with Crippen molar-refractivity contribution in [2.24, 2.45) is 16.8 Å². The fourth-order valence-electron chi connectivity index (χ4n) is 5.40. The topological polar surface area (TPSA) is 69.4 Å². The standard InChI is InChI=1S/C29H28N4O2/c1-19-16-22-25(31-18-20-8-6-9-21(20)28(22)34)17-27(19)35-15-7-14-33-26-12-3-2-10-23(26)32-29(33)24-11-4-5-13-30-24/h2-5,10-13,16-18,20-21H,6-9,14-15H2,1H3/t20-,21?/m0/s1. The van der Waals surface area contributed by atoms with E-state index in [1.807, 2.05) is 61.7 Å². The minimum atomic E-state index is 0.0875. The number of nitrogens with zero attached hydrogens (tertiary/aromatic N) is 4. The maximum atomic E-state index is 13.1. The van der Waals surface area contributed by atoms with Crippen LogP contribution in [0, 0.1) is 18.8 Å². The molecule has 1 saturated carbocycles. The second kappa shape index (κ2) is 9.10. The summed E-state index contributed by atoms with van der Waals surface area (Å²) in [7, 11) is 0. The number of fused-ring (bicyclic) bond motifs is 3. The van der Waals surface area contributed by atoms with Crippen molar-refractivity contribution in [1.29, 1.82) is 0 Å². The Balaban J connectivity index is 1.19. The van der Waals surface area contributed by atoms with Gasteiger partial charge in [0.2, 0.25) is 0 Å². The molecule has 2 atom stereocenters. The van der Waals surface area contributed by atoms with Gasteiger partial charge in [0.15, 0.2) is 11.6 Å². The molecule has 1 aliphatic carbocycles. The van der Waals surface area contributed by atoms with Gasteiger partial charge in [0.25, 0.3) is 0 Å². The third-order valence-corrected chi connectivity index (χ3v) is 7.20. The van der Waals surface area contributed by atoms with Crippen LogP contribution in [0.4, 0.5) is 5.69 Å². The third kappa shape index (κ3) is 4.03. The first-order valence-corrected chi connectivity index (χ1v) is 12.4. The van der Waals surface area contributed by atoms with E-state index in [0.29, 0.717) is 6.61 Å². The lowest BCUT2D eigenvalue weighted by Gasteiger charge is -2.15. The number of pyridine rings is 1. The van der Waals surface area contributed by atoms with Gasteiger partial charge < -0.3 is 9.30 Å². The number of imidazole rings is 1. The number of benzene rings is 2. The van der Waals surface area contributed by atoms with E-state index in [0.717, 1.165) is 77.3 Å². The summed E-state index contributed by atoms with van der Waals surface area (Å²) >= 11 is 0. The van der Waals surface area contributed by atoms with Crippen LogP contribution in [0.3, 0.4) is 0 Å². The molecule has 2 aliphatic rings. The summed E-state index contributed by atoms with van der Waals surface area (Å²) in [5.74, 6) is 2.26. The number of carbonyl (C=O) groups excluding carboxylic acids is 1. The van der Waals surface area contributed by atoms with Crippen LogP contribution < -0.4 is 4.74 Å². The molecule has 1 unspecified atom stereocenters. The summed E-state index contributed by atoms with van der Waals surface area (Å²) in [5, 5.41) is 0. The summed E-state index contributed by atoms with van der Waals surface area (Å²) in [6.45, 7) is 3.32. The Morgan fingerprint density at radius 2 is 1.97 bits per heavy atom. The number of aromatic nitrogens is 3. The fourth-order valence-corrected chi connectivity index (χ4v) is 5.40. The lowest BCUT2D eigenvalue weighted by molar-refractivity contribution is 0.0912. The van der Waals surface area contributed by atoms with Crippen molar-refractivity contribution < 1.29 is 9.53 Å². The predicted octanol–water partition coefficient (Wildman–Crippen LogP) is 6.19. The quantitative estimate of drug-likeness (QED) is 0.319. The van der Waals surface area contributed by atoms with Gasteiger partial charge in [-0.15, -0.1) is 0 Å². The predicted molar refractivity (Wildman–Crippen MR) is 138 cm³/mol. The monoisotopic (exact) mass is 464 g/mol. The van der Waals surface area contributed by atoms with Crippen molar-refractivity contribution in [3.05, 3.63) is 71.9 Å². The normalized spacial score (nSPS) is 18.9. The van der Waals surface area contributed by atoms with Crippen LogP contribution in [0.15, 0.2) is 65.8 Å². The lowest BCUT2D eigenvalue weighted by Crippen LogP contribution is -2.18. The van der Waals surface area contributed by atoms with Crippen LogP contribution in [-0.2, 0) is 6.54 Å². The summed E-state index contributed by atoms with van der Waals surface area (Å²) in [5.41, 5.74) is 5.37. The molecule has 3 heterocycles. The third-order valence-electron chi connectivity index (χ3n) is 7.20. The number of hydrogen-bond donors (Lipinski definition) is 0. The fraction of sp³-hybridized carbons (Fsp3) is 0.310. The SMILES string of the molecule is Cc1cc2c(cc1OCCCn1c(-c3ccccn3)nc3ccccc31)N=C[C@@H]1CCCC1C2=O. The lowest BCUT2D eigenvalue weighted by atomic mass is 9.89. The van der Waals surface area contributed by atoms with Crippen molar-refractivity contribution in [1.82, 2.24) is 14.5 Å². The number of para-hydroxylation sites is 2. The maximum absolute atomic E-state index is 13.1. The van der Waals surface area contributed by atoms with Crippen molar-refractivity contribution >= 4 is 28.7 Å². The van der Waals surface area contributed by atoms with E-state index < -0.39 is 0 Å². The van der Waals surface area contributed by atoms with Crippen LogP contribution in [0.25, 0.3) is 22.6 Å². The van der Waals surface area contributed by atoms with E-state index in [4.69, 9.17) is 9.72 Å². The first-order chi connectivity index (χ1) is 17.2. The summed E-state index contributed by atoms with van der Waals surface area (Å²) in [6, 6.07) is 18.0. The molecule has 2 aromatic carbocycles. The second-order valence-electron chi connectivity index (χ2n) is 9.47. The molecule has 6 nitrogen and oxygen atoms in total. The number of carbonyl (C=O) groups is 1. The Morgan fingerprint density at radius 3 is 2.86 bits per heavy atom. The number of hydrogen-bond acceptors (Lipinski definition) is 5. The Hall–Kier alpha value is -3.80. The molecule has 6 rings (SSSR count). The second-order valence-corrected chi connectivity index (χ2v) is 9.47. The van der Waals surface area contributed by atoms with Gasteiger partial charge in [-0.1, -0.05) is 24.6 Å². The first-order valence-electron chi connectivity index (χ1n) is 12.4. The zero-order valence-corrected chi connectivity index (χ0v) is 19.9. The minimum absolute atomic E-state index is 0.0875. The van der Waals surface area contributed by atoms with E-state index >= 15 is 0 Å². The van der Waals surface area contributed by atoms with E-state index in [2.05, 4.69) is 20.6 Å². The number of rotatable bonds is 6. The molecule has 0 radical (unpaired) electrons. The van der Waals surface area contributed by atoms with Crippen molar-refractivity contribution in [2.75, 3.05) is 6.61 Å². The molecule has 4 aromatic rings. The van der Waals surface area contributed by atoms with Gasteiger partial charge in [0.05, 0.1) is 23.3 Å². The maximum Gasteiger partial charge on any atom is 0.168 e. The van der Waals surface area contributed by atoms with E-state index in [-0.39, 0.29) is 17.6 Å². The van der Waals surface area contributed by atoms with Crippen molar-refractivity contribution in [3.8, 4) is 17.3 Å². The number of aliphatic imine (C=N–C) groups is 1. The van der Waals surface area contributed by atoms with Crippen LogP contribution in [-0.4, -0.2) is 33.1 Å². The molecule has 2 aromatic heterocycles. The molecule has 1 fully saturated rings. The number of aryl methyl sites for hydroxylation is 2. The van der Waals surface area contributed by atoms with E-state index in [1.165, 1.54) is 0 Å². The van der Waals surface area contributed by atoms with Gasteiger partial charge in [-0.05, 0) is 62.1 Å². The molecule has 0 N–H and O–H groups in total. The molecule has 0 amide bonds. The molecule has 35 heavy (non-hydrogen) atoms. The highest BCUT2D eigenvalue weighted by Gasteiger charge is 2.35. The van der Waals surface area contributed by atoms with Crippen LogP contribution in [0.5, 0.6) is 5.75 Å². The highest BCUT2D eigenvalue weighted by molar-refractivity contribution is 6.05. The summed E-state index contributed by atoms with van der Waals surface area (Å²) in [4.78, 5) is 27.1. The molecular formula is C29H28N4O2. The minimum Gasteiger partial charge on any atom is -0.493 e. The van der Waals surface area contributed by atoms with Crippen molar-refractivity contribution in [3.63, 3.8) is 0 Å². The molecular weight excluding hydrogens is 436 g/mol. The Bertz CT molecular complexity index is 1420. The van der Waals surface area contributed by atoms with Crippen LogP contribution in [0.1, 0.15) is 41.6 Å². The largest absolute Gasteiger partial charge is 0.493 e. The number of ether oxygens (including phenoxy) is 1. The highest BCUT2D eigenvalue weighted by Crippen LogP contribution is 2.40. The van der Waals surface area contributed by atoms with Crippen molar-refractivity contribution in [2.45, 2.75) is 39.2 Å². The molecule has 176 valence electrons. The van der Waals surface area contributed by atoms with Gasteiger partial charge in [-0.3, -0.25) is 14.8 Å². The number of Topliss-reactive ketones (excluding diaryl/α,β-unsaturated/α-hetero) is 1. The van der Waals surface area contributed by atoms with Gasteiger partial charge in [-0.25, -0.2) is 4.98 Å². The molecule has 1 aliphatic heterocycles. The zero-order valence-electron chi connectivity index (χ0n) is 19.9. The zero-order chi connectivity index (χ0) is 23.8. The molecule has 6 heteroatoms. The Kier molecular flexibility index (Phi) is 5.64. The number of ketones is 1. The highest BCUT2D eigenvalue weighted by atomic mass is 16.5. The van der Waals surface area contributed by atoms with Gasteiger partial charge in [-0.2, -0.15) is 0 Å². The average molecular weight is 465 g/mol. The molecule has 0 bridgehead atoms. The summed E-state index contributed by atoms with van der Waals surface area (Å²) in [6.07, 6.45) is 7.72. The van der Waals surface area contributed by atoms with E-state index in [9.17, 15) is 4.79 Å². The summed E-state index contributed by atoms with van der Waals surface area (Å²) < 4.78 is 8.41. The average Bonchev–Trinajstić information content (AvgIpc) is 3.48.